The average molecular weight is 290 g/mol. The lowest BCUT2D eigenvalue weighted by molar-refractivity contribution is -0.300. The first-order valence-electron chi connectivity index (χ1n) is 8.87. The summed E-state index contributed by atoms with van der Waals surface area (Å²) >= 11 is 0. The molecule has 0 aromatic heterocycles. The minimum Gasteiger partial charge on any atom is -0.393 e. The molecule has 8 atom stereocenters. The van der Waals surface area contributed by atoms with Gasteiger partial charge in [0.2, 0.25) is 0 Å². The van der Waals surface area contributed by atoms with Gasteiger partial charge in [0.05, 0.1) is 17.8 Å². The Hall–Kier alpha value is -0.340. The maximum atomic E-state index is 10.8. The molecule has 3 saturated carbocycles. The molecule has 3 aliphatic carbocycles. The monoisotopic (exact) mass is 290 g/mol. The van der Waals surface area contributed by atoms with Crippen LogP contribution in [0.25, 0.3) is 0 Å². The van der Waals surface area contributed by atoms with Crippen LogP contribution >= 0.6 is 0 Å². The summed E-state index contributed by atoms with van der Waals surface area (Å²) in [5.41, 5.74) is 0.479. The molecule has 0 aromatic rings. The predicted octanol–water partition coefficient (Wildman–Crippen LogP) is 3.79. The zero-order chi connectivity index (χ0) is 15.0. The van der Waals surface area contributed by atoms with Crippen molar-refractivity contribution in [3.05, 3.63) is 12.2 Å². The van der Waals surface area contributed by atoms with Crippen LogP contribution in [0.1, 0.15) is 53.4 Å². The third-order valence-electron chi connectivity index (χ3n) is 7.54. The number of hydrogen-bond donors (Lipinski definition) is 1. The molecule has 0 radical (unpaired) electrons. The fourth-order valence-electron chi connectivity index (χ4n) is 6.78. The first-order chi connectivity index (χ1) is 9.88. The molecule has 1 heterocycles. The van der Waals surface area contributed by atoms with Gasteiger partial charge in [0, 0.05) is 5.92 Å². The van der Waals surface area contributed by atoms with Crippen molar-refractivity contribution in [2.75, 3.05) is 0 Å². The van der Waals surface area contributed by atoms with E-state index in [1.165, 1.54) is 12.8 Å². The summed E-state index contributed by atoms with van der Waals surface area (Å²) in [5.74, 6) is 3.03. The molecule has 0 spiro atoms. The molecule has 0 aromatic carbocycles. The van der Waals surface area contributed by atoms with Crippen LogP contribution in [0.5, 0.6) is 0 Å². The van der Waals surface area contributed by atoms with Crippen LogP contribution in [0.15, 0.2) is 12.2 Å². The molecule has 1 N–H and O–H groups in total. The zero-order valence-electron chi connectivity index (χ0n) is 13.9. The Labute approximate surface area is 129 Å². The van der Waals surface area contributed by atoms with Crippen molar-refractivity contribution in [1.82, 2.24) is 0 Å². The molecular formula is C19H30O2. The highest BCUT2D eigenvalue weighted by Crippen LogP contribution is 2.72. The van der Waals surface area contributed by atoms with E-state index in [9.17, 15) is 5.11 Å². The molecule has 1 saturated heterocycles. The highest BCUT2D eigenvalue weighted by molar-refractivity contribution is 5.20. The Morgan fingerprint density at radius 2 is 1.90 bits per heavy atom. The summed E-state index contributed by atoms with van der Waals surface area (Å²) in [6.45, 7) is 9.31. The Morgan fingerprint density at radius 3 is 2.62 bits per heavy atom. The van der Waals surface area contributed by atoms with Crippen LogP contribution in [0.4, 0.5) is 0 Å². The Morgan fingerprint density at radius 1 is 1.14 bits per heavy atom. The minimum absolute atomic E-state index is 0.0869. The SMILES string of the molecule is C/C=C/C1CC(O)C2C(C1)O[C@]1(C)CC[C@@H]3[C@@H]1[C@@H]2C3(C)C. The number of allylic oxidation sites excluding steroid dienone is 2. The number of fused-ring (bicyclic) bond motifs is 2. The highest BCUT2D eigenvalue weighted by atomic mass is 16.5. The van der Waals surface area contributed by atoms with E-state index in [4.69, 9.17) is 4.74 Å². The molecule has 21 heavy (non-hydrogen) atoms. The molecule has 4 aliphatic rings. The topological polar surface area (TPSA) is 29.5 Å². The van der Waals surface area contributed by atoms with Crippen molar-refractivity contribution in [1.29, 1.82) is 0 Å². The van der Waals surface area contributed by atoms with Crippen molar-refractivity contribution in [2.24, 2.45) is 35.0 Å². The molecule has 4 rings (SSSR count). The van der Waals surface area contributed by atoms with Gasteiger partial charge in [-0.3, -0.25) is 0 Å². The molecule has 1 aliphatic heterocycles. The summed E-state index contributed by atoms with van der Waals surface area (Å²) in [6.07, 6.45) is 9.04. The second-order valence-corrected chi connectivity index (χ2v) is 8.89. The summed E-state index contributed by atoms with van der Waals surface area (Å²) in [6, 6.07) is 0. The van der Waals surface area contributed by atoms with Crippen LogP contribution < -0.4 is 0 Å². The second-order valence-electron chi connectivity index (χ2n) is 8.89. The third kappa shape index (κ3) is 1.72. The molecule has 2 nitrogen and oxygen atoms in total. The molecular weight excluding hydrogens is 260 g/mol. The third-order valence-corrected chi connectivity index (χ3v) is 7.54. The summed E-state index contributed by atoms with van der Waals surface area (Å²) in [7, 11) is 0. The van der Waals surface area contributed by atoms with Crippen LogP contribution in [-0.4, -0.2) is 22.9 Å². The van der Waals surface area contributed by atoms with Gasteiger partial charge in [-0.05, 0) is 68.6 Å². The van der Waals surface area contributed by atoms with E-state index in [0.29, 0.717) is 29.1 Å². The number of ether oxygens (including phenoxy) is 1. The van der Waals surface area contributed by atoms with E-state index in [1.807, 2.05) is 0 Å². The van der Waals surface area contributed by atoms with Crippen LogP contribution in [0.2, 0.25) is 0 Å². The van der Waals surface area contributed by atoms with Gasteiger partial charge in [-0.2, -0.15) is 0 Å². The molecule has 2 heteroatoms. The van der Waals surface area contributed by atoms with E-state index in [-0.39, 0.29) is 17.8 Å². The molecule has 118 valence electrons. The first kappa shape index (κ1) is 14.3. The predicted molar refractivity (Wildman–Crippen MR) is 83.8 cm³/mol. The quantitative estimate of drug-likeness (QED) is 0.745. The summed E-state index contributed by atoms with van der Waals surface area (Å²) in [5, 5.41) is 10.8. The van der Waals surface area contributed by atoms with Crippen LogP contribution in [-0.2, 0) is 4.74 Å². The van der Waals surface area contributed by atoms with Gasteiger partial charge in [-0.25, -0.2) is 0 Å². The van der Waals surface area contributed by atoms with Gasteiger partial charge in [0.1, 0.15) is 0 Å². The van der Waals surface area contributed by atoms with Crippen molar-refractivity contribution in [3.63, 3.8) is 0 Å². The van der Waals surface area contributed by atoms with Gasteiger partial charge in [0.25, 0.3) is 0 Å². The number of aliphatic hydroxyl groups is 1. The lowest BCUT2D eigenvalue weighted by Crippen LogP contribution is -2.69. The average Bonchev–Trinajstić information content (AvgIpc) is 2.72. The number of aliphatic hydroxyl groups excluding tert-OH is 1. The zero-order valence-corrected chi connectivity index (χ0v) is 13.9. The van der Waals surface area contributed by atoms with Gasteiger partial charge < -0.3 is 9.84 Å². The fourth-order valence-corrected chi connectivity index (χ4v) is 6.78. The highest BCUT2D eigenvalue weighted by Gasteiger charge is 2.72. The van der Waals surface area contributed by atoms with Crippen molar-refractivity contribution in [3.8, 4) is 0 Å². The first-order valence-corrected chi connectivity index (χ1v) is 8.87. The van der Waals surface area contributed by atoms with E-state index in [2.05, 4.69) is 39.8 Å². The largest absolute Gasteiger partial charge is 0.393 e. The summed E-state index contributed by atoms with van der Waals surface area (Å²) in [4.78, 5) is 0. The van der Waals surface area contributed by atoms with E-state index in [0.717, 1.165) is 18.8 Å². The van der Waals surface area contributed by atoms with Gasteiger partial charge >= 0.3 is 0 Å². The fraction of sp³-hybridized carbons (Fsp3) is 0.895. The lowest BCUT2D eigenvalue weighted by atomic mass is 9.41. The number of hydrogen-bond acceptors (Lipinski definition) is 2. The molecule has 4 fully saturated rings. The molecule has 0 bridgehead atoms. The van der Waals surface area contributed by atoms with Gasteiger partial charge in [-0.15, -0.1) is 0 Å². The Bertz CT molecular complexity index is 468. The van der Waals surface area contributed by atoms with E-state index in [1.54, 1.807) is 0 Å². The second kappa shape index (κ2) is 4.35. The van der Waals surface area contributed by atoms with E-state index < -0.39 is 0 Å². The lowest BCUT2D eigenvalue weighted by Gasteiger charge is -2.68. The molecule has 0 amide bonds. The summed E-state index contributed by atoms with van der Waals surface area (Å²) < 4.78 is 6.65. The maximum Gasteiger partial charge on any atom is 0.0692 e. The van der Waals surface area contributed by atoms with E-state index >= 15 is 0 Å². The maximum absolute atomic E-state index is 10.8. The minimum atomic E-state index is -0.180. The van der Waals surface area contributed by atoms with Crippen molar-refractivity contribution >= 4 is 0 Å². The van der Waals surface area contributed by atoms with Crippen molar-refractivity contribution < 1.29 is 9.84 Å². The normalized spacial score (nSPS) is 57.7. The van der Waals surface area contributed by atoms with Gasteiger partial charge in [-0.1, -0.05) is 26.0 Å². The number of rotatable bonds is 1. The van der Waals surface area contributed by atoms with Crippen LogP contribution in [0, 0.1) is 35.0 Å². The molecule has 4 unspecified atom stereocenters. The standard InChI is InChI=1S/C19H30O2/c1-5-6-11-9-13(20)15-14(10-11)21-19(4)8-7-12-16(19)17(15)18(12,2)3/h5-6,11-17,20H,7-10H2,1-4H3/b6-5+/t11?,12-,13?,14?,15?,16-,17-,19-/m1/s1. The van der Waals surface area contributed by atoms with Crippen molar-refractivity contribution in [2.45, 2.75) is 71.2 Å². The van der Waals surface area contributed by atoms with Crippen LogP contribution in [0.3, 0.4) is 0 Å². The Balaban J connectivity index is 1.67. The smallest absolute Gasteiger partial charge is 0.0692 e. The Kier molecular flexibility index (Phi) is 2.96. The van der Waals surface area contributed by atoms with Gasteiger partial charge in [0.15, 0.2) is 0 Å².